The summed E-state index contributed by atoms with van der Waals surface area (Å²) in [7, 11) is 0. The molecule has 1 atom stereocenters. The lowest BCUT2D eigenvalue weighted by Gasteiger charge is -2.23. The second-order valence-electron chi connectivity index (χ2n) is 8.07. The van der Waals surface area contributed by atoms with Crippen LogP contribution in [0.3, 0.4) is 0 Å². The summed E-state index contributed by atoms with van der Waals surface area (Å²) in [6.07, 6.45) is 6.36. The molecule has 0 saturated heterocycles. The SMILES string of the molecule is CCCCCOc1ccc(C2c3c(oc4ccc(Br)cc4c3=O)C(=O)N2c2ncccn2)cc1. The Kier molecular flexibility index (Phi) is 6.15. The number of ether oxygens (including phenoxy) is 1. The highest BCUT2D eigenvalue weighted by Crippen LogP contribution is 2.40. The molecule has 1 aliphatic rings. The Balaban J connectivity index is 1.62. The fraction of sp³-hybridized carbons (Fsp3) is 0.231. The molecule has 172 valence electrons. The molecule has 1 aliphatic heterocycles. The van der Waals surface area contributed by atoms with Crippen LogP contribution >= 0.6 is 15.9 Å². The van der Waals surface area contributed by atoms with Crippen molar-refractivity contribution in [1.29, 1.82) is 0 Å². The highest BCUT2D eigenvalue weighted by molar-refractivity contribution is 9.10. The van der Waals surface area contributed by atoms with Gasteiger partial charge in [0.1, 0.15) is 11.3 Å². The molecule has 3 heterocycles. The zero-order valence-corrected chi connectivity index (χ0v) is 20.1. The fourth-order valence-corrected chi connectivity index (χ4v) is 4.53. The third kappa shape index (κ3) is 3.98. The Morgan fingerprint density at radius 1 is 1.06 bits per heavy atom. The summed E-state index contributed by atoms with van der Waals surface area (Å²) in [5.41, 5.74) is 1.11. The second-order valence-corrected chi connectivity index (χ2v) is 8.98. The number of carbonyl (C=O) groups excluding carboxylic acids is 1. The summed E-state index contributed by atoms with van der Waals surface area (Å²) in [6.45, 7) is 2.79. The number of hydrogen-bond donors (Lipinski definition) is 0. The topological polar surface area (TPSA) is 85.5 Å². The van der Waals surface area contributed by atoms with Gasteiger partial charge < -0.3 is 9.15 Å². The Morgan fingerprint density at radius 3 is 2.56 bits per heavy atom. The van der Waals surface area contributed by atoms with Crippen LogP contribution < -0.4 is 15.1 Å². The van der Waals surface area contributed by atoms with E-state index in [-0.39, 0.29) is 22.7 Å². The van der Waals surface area contributed by atoms with Crippen molar-refractivity contribution >= 4 is 38.8 Å². The van der Waals surface area contributed by atoms with Gasteiger partial charge in [-0.15, -0.1) is 0 Å². The van der Waals surface area contributed by atoms with E-state index in [2.05, 4.69) is 32.8 Å². The quantitative estimate of drug-likeness (QED) is 0.292. The monoisotopic (exact) mass is 519 g/mol. The van der Waals surface area contributed by atoms with Crippen molar-refractivity contribution < 1.29 is 13.9 Å². The van der Waals surface area contributed by atoms with Gasteiger partial charge in [-0.3, -0.25) is 14.5 Å². The largest absolute Gasteiger partial charge is 0.494 e. The summed E-state index contributed by atoms with van der Waals surface area (Å²) >= 11 is 3.41. The number of fused-ring (bicyclic) bond motifs is 2. The van der Waals surface area contributed by atoms with Crippen LogP contribution in [0.2, 0.25) is 0 Å². The lowest BCUT2D eigenvalue weighted by atomic mass is 9.98. The summed E-state index contributed by atoms with van der Waals surface area (Å²) in [5, 5.41) is 0.401. The number of hydrogen-bond acceptors (Lipinski definition) is 6. The van der Waals surface area contributed by atoms with Crippen LogP contribution in [0.1, 0.15) is 53.9 Å². The van der Waals surface area contributed by atoms with Crippen LogP contribution in [-0.4, -0.2) is 22.5 Å². The first-order valence-electron chi connectivity index (χ1n) is 11.2. The zero-order chi connectivity index (χ0) is 23.7. The Labute approximate surface area is 204 Å². The average molecular weight is 520 g/mol. The van der Waals surface area contributed by atoms with E-state index in [1.807, 2.05) is 24.3 Å². The van der Waals surface area contributed by atoms with E-state index in [1.165, 1.54) is 4.90 Å². The summed E-state index contributed by atoms with van der Waals surface area (Å²) in [5.74, 6) is 0.500. The second kappa shape index (κ2) is 9.38. The lowest BCUT2D eigenvalue weighted by Crippen LogP contribution is -2.31. The Hall–Kier alpha value is -3.52. The van der Waals surface area contributed by atoms with Gasteiger partial charge in [0.05, 0.1) is 23.6 Å². The number of unbranched alkanes of at least 4 members (excludes halogenated alkanes) is 2. The van der Waals surface area contributed by atoms with Crippen LogP contribution in [0.15, 0.2) is 74.6 Å². The first-order valence-corrected chi connectivity index (χ1v) is 12.0. The smallest absolute Gasteiger partial charge is 0.297 e. The van der Waals surface area contributed by atoms with E-state index < -0.39 is 11.9 Å². The molecule has 4 aromatic rings. The van der Waals surface area contributed by atoms with Gasteiger partial charge in [0.2, 0.25) is 11.7 Å². The van der Waals surface area contributed by atoms with Crippen molar-refractivity contribution in [2.24, 2.45) is 0 Å². The van der Waals surface area contributed by atoms with Gasteiger partial charge in [-0.05, 0) is 48.4 Å². The summed E-state index contributed by atoms with van der Waals surface area (Å²) in [4.78, 5) is 37.1. The molecule has 2 aromatic carbocycles. The maximum atomic E-state index is 13.6. The van der Waals surface area contributed by atoms with Crippen LogP contribution in [0.4, 0.5) is 5.95 Å². The van der Waals surface area contributed by atoms with E-state index >= 15 is 0 Å². The average Bonchev–Trinajstić information content (AvgIpc) is 3.16. The number of amides is 1. The van der Waals surface area contributed by atoms with Crippen molar-refractivity contribution in [1.82, 2.24) is 9.97 Å². The third-order valence-corrected chi connectivity index (χ3v) is 6.31. The van der Waals surface area contributed by atoms with Crippen LogP contribution in [0.5, 0.6) is 5.75 Å². The van der Waals surface area contributed by atoms with Gasteiger partial charge in [0, 0.05) is 16.9 Å². The number of benzene rings is 2. The molecular formula is C26H22BrN3O4. The molecule has 0 N–H and O–H groups in total. The molecule has 1 amide bonds. The van der Waals surface area contributed by atoms with Crippen molar-refractivity contribution in [3.05, 3.63) is 92.5 Å². The predicted molar refractivity (Wildman–Crippen MR) is 132 cm³/mol. The molecule has 5 rings (SSSR count). The van der Waals surface area contributed by atoms with Gasteiger partial charge >= 0.3 is 0 Å². The van der Waals surface area contributed by atoms with Crippen LogP contribution in [0, 0.1) is 0 Å². The summed E-state index contributed by atoms with van der Waals surface area (Å²) < 4.78 is 12.5. The van der Waals surface area contributed by atoms with E-state index in [0.29, 0.717) is 17.6 Å². The zero-order valence-electron chi connectivity index (χ0n) is 18.5. The van der Waals surface area contributed by atoms with Gasteiger partial charge in [-0.25, -0.2) is 9.97 Å². The third-order valence-electron chi connectivity index (χ3n) is 5.81. The molecule has 7 nitrogen and oxygen atoms in total. The van der Waals surface area contributed by atoms with Crippen molar-refractivity contribution in [2.75, 3.05) is 11.5 Å². The van der Waals surface area contributed by atoms with E-state index in [4.69, 9.17) is 9.15 Å². The molecular weight excluding hydrogens is 498 g/mol. The molecule has 0 spiro atoms. The van der Waals surface area contributed by atoms with E-state index in [1.54, 1.807) is 36.7 Å². The van der Waals surface area contributed by atoms with Crippen LogP contribution in [-0.2, 0) is 0 Å². The van der Waals surface area contributed by atoms with Gasteiger partial charge in [0.25, 0.3) is 5.91 Å². The Morgan fingerprint density at radius 2 is 1.82 bits per heavy atom. The fourth-order valence-electron chi connectivity index (χ4n) is 4.17. The van der Waals surface area contributed by atoms with Crippen molar-refractivity contribution in [2.45, 2.75) is 32.2 Å². The maximum Gasteiger partial charge on any atom is 0.297 e. The summed E-state index contributed by atoms with van der Waals surface area (Å²) in [6, 6.07) is 13.5. The minimum Gasteiger partial charge on any atom is -0.494 e. The number of halogens is 1. The van der Waals surface area contributed by atoms with Crippen molar-refractivity contribution in [3.8, 4) is 5.75 Å². The lowest BCUT2D eigenvalue weighted by molar-refractivity contribution is 0.0969. The molecule has 0 saturated carbocycles. The molecule has 8 heteroatoms. The highest BCUT2D eigenvalue weighted by atomic mass is 79.9. The molecule has 0 bridgehead atoms. The number of aromatic nitrogens is 2. The molecule has 0 aliphatic carbocycles. The highest BCUT2D eigenvalue weighted by Gasteiger charge is 2.44. The number of nitrogens with zero attached hydrogens (tertiary/aromatic N) is 3. The molecule has 0 fully saturated rings. The van der Waals surface area contributed by atoms with E-state index in [9.17, 15) is 9.59 Å². The molecule has 34 heavy (non-hydrogen) atoms. The predicted octanol–water partition coefficient (Wildman–Crippen LogP) is 5.66. The van der Waals surface area contributed by atoms with Gasteiger partial charge in [0.15, 0.2) is 5.43 Å². The van der Waals surface area contributed by atoms with Crippen molar-refractivity contribution in [3.63, 3.8) is 0 Å². The number of rotatable bonds is 7. The Bertz CT molecular complexity index is 1400. The van der Waals surface area contributed by atoms with Gasteiger partial charge in [-0.2, -0.15) is 0 Å². The molecule has 0 radical (unpaired) electrons. The normalized spacial score (nSPS) is 15.1. The standard InChI is InChI=1S/C26H22BrN3O4/c1-2-3-4-14-33-18-9-6-16(7-10-18)22-21-23(31)19-15-17(27)8-11-20(19)34-24(21)25(32)30(22)26-28-12-5-13-29-26/h5-13,15,22H,2-4,14H2,1H3. The molecule has 2 aromatic heterocycles. The number of anilines is 1. The first-order chi connectivity index (χ1) is 16.6. The molecule has 1 unspecified atom stereocenters. The van der Waals surface area contributed by atoms with Gasteiger partial charge in [-0.1, -0.05) is 47.8 Å². The maximum absolute atomic E-state index is 13.6. The van der Waals surface area contributed by atoms with Crippen LogP contribution in [0.25, 0.3) is 11.0 Å². The number of carbonyl (C=O) groups is 1. The minimum atomic E-state index is -0.723. The minimum absolute atomic E-state index is 0.0113. The first kappa shape index (κ1) is 22.3. The van der Waals surface area contributed by atoms with E-state index in [0.717, 1.165) is 35.0 Å².